The van der Waals surface area contributed by atoms with Crippen molar-refractivity contribution in [2.45, 2.75) is 44.9 Å². The third-order valence-corrected chi connectivity index (χ3v) is 12.7. The monoisotopic (exact) mass is 740 g/mol. The van der Waals surface area contributed by atoms with Gasteiger partial charge in [0.25, 0.3) is 0 Å². The molecule has 0 radical (unpaired) electrons. The molecule has 1 unspecified atom stereocenters. The van der Waals surface area contributed by atoms with Gasteiger partial charge in [0.2, 0.25) is 0 Å². The van der Waals surface area contributed by atoms with E-state index in [1.807, 2.05) is 12.1 Å². The lowest BCUT2D eigenvalue weighted by atomic mass is 9.55. The number of hydrogen-bond donors (Lipinski definition) is 2. The number of hydrogen-bond acceptors (Lipinski definition) is 4. The van der Waals surface area contributed by atoms with Crippen LogP contribution < -0.4 is 15.4 Å². The number of anilines is 4. The van der Waals surface area contributed by atoms with Gasteiger partial charge in [-0.2, -0.15) is 5.10 Å². The van der Waals surface area contributed by atoms with Crippen LogP contribution in [0.5, 0.6) is 11.5 Å². The van der Waals surface area contributed by atoms with Gasteiger partial charge >= 0.3 is 0 Å². The Morgan fingerprint density at radius 3 is 1.91 bits per heavy atom. The van der Waals surface area contributed by atoms with Gasteiger partial charge < -0.3 is 15.4 Å². The summed E-state index contributed by atoms with van der Waals surface area (Å²) in [7, 11) is 0. The van der Waals surface area contributed by atoms with Crippen molar-refractivity contribution < 1.29 is 4.74 Å². The van der Waals surface area contributed by atoms with Gasteiger partial charge in [-0.25, -0.2) is 4.52 Å². The molecule has 0 fully saturated rings. The highest BCUT2D eigenvalue weighted by molar-refractivity contribution is 6.16. The number of nitrogens with one attached hydrogen (secondary N) is 2. The van der Waals surface area contributed by atoms with Crippen molar-refractivity contribution in [3.63, 3.8) is 0 Å². The third kappa shape index (κ3) is 5.56. The average molecular weight is 741 g/mol. The summed E-state index contributed by atoms with van der Waals surface area (Å²) in [6, 6.07) is 57.3. The van der Waals surface area contributed by atoms with Crippen LogP contribution in [0, 0.1) is 0 Å². The number of para-hydroxylation sites is 3. The first kappa shape index (κ1) is 34.6. The van der Waals surface area contributed by atoms with E-state index in [0.29, 0.717) is 0 Å². The maximum absolute atomic E-state index is 6.62. The zero-order valence-electron chi connectivity index (χ0n) is 32.7. The summed E-state index contributed by atoms with van der Waals surface area (Å²) in [5.41, 5.74) is 13.3. The van der Waals surface area contributed by atoms with Crippen LogP contribution in [0.3, 0.4) is 0 Å². The van der Waals surface area contributed by atoms with Crippen LogP contribution in [0.15, 0.2) is 170 Å². The minimum atomic E-state index is -0.0798. The fourth-order valence-electron chi connectivity index (χ4n) is 9.13. The molecule has 10 rings (SSSR count). The molecular formula is C52H44N4O. The topological polar surface area (TPSA) is 50.6 Å². The highest BCUT2D eigenvalue weighted by Crippen LogP contribution is 2.55. The van der Waals surface area contributed by atoms with Crippen molar-refractivity contribution in [3.8, 4) is 33.8 Å². The molecule has 5 heteroatoms. The Morgan fingerprint density at radius 1 is 0.579 bits per heavy atom. The highest BCUT2D eigenvalue weighted by atomic mass is 16.5. The molecule has 1 atom stereocenters. The van der Waals surface area contributed by atoms with Crippen molar-refractivity contribution in [1.29, 1.82) is 0 Å². The maximum Gasteiger partial charge on any atom is 0.129 e. The first-order valence-corrected chi connectivity index (χ1v) is 19.9. The molecule has 0 amide bonds. The molecule has 1 aliphatic rings. The smallest absolute Gasteiger partial charge is 0.129 e. The molecule has 0 spiro atoms. The normalized spacial score (nSPS) is 15.6. The summed E-state index contributed by atoms with van der Waals surface area (Å²) >= 11 is 0. The molecule has 5 nitrogen and oxygen atoms in total. The molecule has 2 N–H and O–H groups in total. The van der Waals surface area contributed by atoms with Crippen LogP contribution in [0.25, 0.3) is 49.4 Å². The largest absolute Gasteiger partial charge is 0.457 e. The van der Waals surface area contributed by atoms with E-state index in [1.54, 1.807) is 0 Å². The summed E-state index contributed by atoms with van der Waals surface area (Å²) in [5.74, 6) is 1.50. The van der Waals surface area contributed by atoms with Gasteiger partial charge in [-0.15, -0.1) is 0 Å². The highest BCUT2D eigenvalue weighted by Gasteiger charge is 2.48. The van der Waals surface area contributed by atoms with Gasteiger partial charge in [0.1, 0.15) is 11.5 Å². The number of aromatic nitrogens is 2. The lowest BCUT2D eigenvalue weighted by molar-refractivity contribution is 0.267. The predicted octanol–water partition coefficient (Wildman–Crippen LogP) is 14.2. The van der Waals surface area contributed by atoms with Crippen LogP contribution in [0.4, 0.5) is 22.7 Å². The molecule has 57 heavy (non-hydrogen) atoms. The number of pyridine rings is 1. The van der Waals surface area contributed by atoms with Crippen molar-refractivity contribution in [3.05, 3.63) is 181 Å². The molecule has 0 saturated heterocycles. The summed E-state index contributed by atoms with van der Waals surface area (Å²) in [6.07, 6.45) is 3.14. The summed E-state index contributed by atoms with van der Waals surface area (Å²) in [5, 5.41) is 16.3. The van der Waals surface area contributed by atoms with Gasteiger partial charge in [0.05, 0.1) is 34.3 Å². The second-order valence-electron chi connectivity index (χ2n) is 15.9. The van der Waals surface area contributed by atoms with E-state index in [4.69, 9.17) is 9.84 Å². The maximum atomic E-state index is 6.62. The molecule has 0 aliphatic heterocycles. The molecule has 7 aromatic carbocycles. The number of ether oxygens (including phenoxy) is 1. The molecule has 0 bridgehead atoms. The van der Waals surface area contributed by atoms with Crippen LogP contribution in [-0.4, -0.2) is 9.61 Å². The van der Waals surface area contributed by atoms with Crippen LogP contribution in [0.2, 0.25) is 0 Å². The number of rotatable bonds is 9. The fourth-order valence-corrected chi connectivity index (χ4v) is 9.13. The molecule has 0 saturated carbocycles. The Bertz CT molecular complexity index is 2910. The van der Waals surface area contributed by atoms with Crippen LogP contribution in [-0.2, 0) is 10.8 Å². The standard InChI is InChI=1S/C52H44N4O/c1-5-52(4)43-26-16-25-42-41-30-29-38(32-47(41)56-50(48(42)43)44(33-53-56)51(52,2)3)57-37-22-14-21-36(31-37)54-45-27-12-13-28-46(45)55-49-39(34-17-8-6-9-18-34)23-15-24-40(49)35-19-10-7-11-20-35/h6-33,54-55H,5H2,1-4H3. The summed E-state index contributed by atoms with van der Waals surface area (Å²) in [4.78, 5) is 0. The predicted molar refractivity (Wildman–Crippen MR) is 238 cm³/mol. The van der Waals surface area contributed by atoms with Gasteiger partial charge in [-0.05, 0) is 64.9 Å². The van der Waals surface area contributed by atoms with Gasteiger partial charge in [-0.3, -0.25) is 0 Å². The van der Waals surface area contributed by atoms with Crippen LogP contribution in [0.1, 0.15) is 45.2 Å². The van der Waals surface area contributed by atoms with E-state index < -0.39 is 0 Å². The van der Waals surface area contributed by atoms with Crippen LogP contribution >= 0.6 is 0 Å². The quantitative estimate of drug-likeness (QED) is 0.145. The first-order chi connectivity index (χ1) is 27.8. The SMILES string of the molecule is CCC1(C)c2cccc3c4ccc(Oc5cccc(Nc6ccccc6Nc6c(-c7ccccc7)cccc6-c6ccccc6)c5)cc4n4ncc(c4c23)C1(C)C. The Kier molecular flexibility index (Phi) is 8.15. The second-order valence-corrected chi connectivity index (χ2v) is 15.9. The number of benzene rings is 7. The Balaban J connectivity index is 0.987. The molecule has 9 aromatic rings. The van der Waals surface area contributed by atoms with Crippen molar-refractivity contribution in [2.24, 2.45) is 0 Å². The lowest BCUT2D eigenvalue weighted by Crippen LogP contribution is -2.44. The molecule has 278 valence electrons. The van der Waals surface area contributed by atoms with Crippen molar-refractivity contribution in [2.75, 3.05) is 10.6 Å². The van der Waals surface area contributed by atoms with Gasteiger partial charge in [-0.1, -0.05) is 143 Å². The summed E-state index contributed by atoms with van der Waals surface area (Å²) < 4.78 is 8.76. The third-order valence-electron chi connectivity index (χ3n) is 12.7. The van der Waals surface area contributed by atoms with Crippen molar-refractivity contribution in [1.82, 2.24) is 9.61 Å². The Labute approximate surface area is 333 Å². The van der Waals surface area contributed by atoms with E-state index in [2.05, 4.69) is 201 Å². The van der Waals surface area contributed by atoms with E-state index in [-0.39, 0.29) is 10.8 Å². The van der Waals surface area contributed by atoms with Crippen molar-refractivity contribution >= 4 is 49.9 Å². The number of fused-ring (bicyclic) bond motifs is 3. The van der Waals surface area contributed by atoms with E-state index in [0.717, 1.165) is 68.4 Å². The van der Waals surface area contributed by atoms with Gasteiger partial charge in [0.15, 0.2) is 0 Å². The first-order valence-electron chi connectivity index (χ1n) is 19.9. The Hall–Kier alpha value is -6.85. The molecule has 1 aliphatic carbocycles. The Morgan fingerprint density at radius 2 is 1.21 bits per heavy atom. The summed E-state index contributed by atoms with van der Waals surface area (Å²) in [6.45, 7) is 9.48. The minimum absolute atomic E-state index is 0.00680. The van der Waals surface area contributed by atoms with E-state index in [1.165, 1.54) is 32.8 Å². The average Bonchev–Trinajstić information content (AvgIpc) is 3.71. The number of nitrogens with zero attached hydrogens (tertiary/aromatic N) is 2. The van der Waals surface area contributed by atoms with E-state index in [9.17, 15) is 0 Å². The lowest BCUT2D eigenvalue weighted by Gasteiger charge is -2.47. The molecule has 2 heterocycles. The molecule has 2 aromatic heterocycles. The minimum Gasteiger partial charge on any atom is -0.457 e. The zero-order chi connectivity index (χ0) is 38.7. The second kappa shape index (κ2) is 13.4. The fraction of sp³-hybridized carbons (Fsp3) is 0.135. The molecular weight excluding hydrogens is 697 g/mol. The van der Waals surface area contributed by atoms with E-state index >= 15 is 0 Å². The zero-order valence-corrected chi connectivity index (χ0v) is 32.7. The van der Waals surface area contributed by atoms with Gasteiger partial charge in [0, 0.05) is 56.1 Å².